The Morgan fingerprint density at radius 1 is 1.36 bits per heavy atom. The number of carbonyl (C=O) groups excluding carboxylic acids is 1. The lowest BCUT2D eigenvalue weighted by Crippen LogP contribution is -2.36. The van der Waals surface area contributed by atoms with Crippen molar-refractivity contribution in [3.63, 3.8) is 0 Å². The van der Waals surface area contributed by atoms with Crippen LogP contribution in [0.1, 0.15) is 32.6 Å². The highest BCUT2D eigenvalue weighted by Crippen LogP contribution is 2.27. The van der Waals surface area contributed by atoms with Gasteiger partial charge in [-0.3, -0.25) is 4.79 Å². The highest BCUT2D eigenvalue weighted by atomic mass is 16.5. The summed E-state index contributed by atoms with van der Waals surface area (Å²) in [5.41, 5.74) is 0. The van der Waals surface area contributed by atoms with Gasteiger partial charge in [-0.05, 0) is 39.3 Å². The van der Waals surface area contributed by atoms with Gasteiger partial charge in [0.1, 0.15) is 0 Å². The zero-order chi connectivity index (χ0) is 10.6. The molecule has 1 aliphatic carbocycles. The molecule has 1 aliphatic rings. The zero-order valence-electron chi connectivity index (χ0n) is 9.45. The van der Waals surface area contributed by atoms with Crippen molar-refractivity contribution in [1.82, 2.24) is 4.90 Å². The van der Waals surface area contributed by atoms with Gasteiger partial charge < -0.3 is 9.64 Å². The fraction of sp³-hybridized carbons (Fsp3) is 0.909. The normalized spacial score (nSPS) is 27.7. The minimum atomic E-state index is -0.0254. The van der Waals surface area contributed by atoms with Crippen molar-refractivity contribution in [3.05, 3.63) is 0 Å². The zero-order valence-corrected chi connectivity index (χ0v) is 9.45. The molecule has 1 rings (SSSR count). The highest BCUT2D eigenvalue weighted by Gasteiger charge is 2.27. The van der Waals surface area contributed by atoms with Crippen molar-refractivity contribution in [3.8, 4) is 0 Å². The molecule has 14 heavy (non-hydrogen) atoms. The number of esters is 1. The van der Waals surface area contributed by atoms with E-state index >= 15 is 0 Å². The molecule has 0 aromatic heterocycles. The fourth-order valence-corrected chi connectivity index (χ4v) is 2.18. The van der Waals surface area contributed by atoms with Crippen LogP contribution in [-0.2, 0) is 9.53 Å². The van der Waals surface area contributed by atoms with Crippen LogP contribution in [0, 0.1) is 5.92 Å². The third-order valence-electron chi connectivity index (χ3n) is 3.35. The van der Waals surface area contributed by atoms with E-state index in [1.165, 1.54) is 7.11 Å². The minimum absolute atomic E-state index is 0.0254. The Morgan fingerprint density at radius 2 is 1.93 bits per heavy atom. The number of hydrogen-bond acceptors (Lipinski definition) is 3. The lowest BCUT2D eigenvalue weighted by atomic mass is 9.85. The van der Waals surface area contributed by atoms with E-state index in [1.54, 1.807) is 0 Å². The molecular weight excluding hydrogens is 178 g/mol. The molecular formula is C11H21NO2. The number of carbonyl (C=O) groups is 1. The van der Waals surface area contributed by atoms with Gasteiger partial charge in [0, 0.05) is 6.04 Å². The number of methoxy groups -OCH3 is 1. The van der Waals surface area contributed by atoms with Crippen LogP contribution in [0.3, 0.4) is 0 Å². The van der Waals surface area contributed by atoms with Crippen molar-refractivity contribution >= 4 is 5.97 Å². The van der Waals surface area contributed by atoms with E-state index < -0.39 is 0 Å². The van der Waals surface area contributed by atoms with Gasteiger partial charge in [0.25, 0.3) is 0 Å². The molecule has 0 aromatic carbocycles. The Morgan fingerprint density at radius 3 is 2.36 bits per heavy atom. The summed E-state index contributed by atoms with van der Waals surface area (Å²) in [6, 6.07) is 0.668. The SMILES string of the molecule is CCN(C)C1CCC(C(=O)OC)CC1. The molecule has 3 nitrogen and oxygen atoms in total. The van der Waals surface area contributed by atoms with Gasteiger partial charge in [-0.2, -0.15) is 0 Å². The molecule has 1 fully saturated rings. The lowest BCUT2D eigenvalue weighted by Gasteiger charge is -2.33. The molecule has 1 saturated carbocycles. The van der Waals surface area contributed by atoms with Crippen molar-refractivity contribution < 1.29 is 9.53 Å². The van der Waals surface area contributed by atoms with Crippen molar-refractivity contribution in [1.29, 1.82) is 0 Å². The Balaban J connectivity index is 2.34. The number of nitrogens with zero attached hydrogens (tertiary/aromatic N) is 1. The summed E-state index contributed by atoms with van der Waals surface area (Å²) >= 11 is 0. The highest BCUT2D eigenvalue weighted by molar-refractivity contribution is 5.72. The Kier molecular flexibility index (Phi) is 4.39. The van der Waals surface area contributed by atoms with E-state index in [-0.39, 0.29) is 11.9 Å². The lowest BCUT2D eigenvalue weighted by molar-refractivity contribution is -0.146. The minimum Gasteiger partial charge on any atom is -0.469 e. The van der Waals surface area contributed by atoms with Gasteiger partial charge in [-0.1, -0.05) is 6.92 Å². The molecule has 3 heteroatoms. The molecule has 0 amide bonds. The van der Waals surface area contributed by atoms with E-state index in [9.17, 15) is 4.79 Å². The van der Waals surface area contributed by atoms with Crippen molar-refractivity contribution in [2.45, 2.75) is 38.6 Å². The maximum atomic E-state index is 11.3. The standard InChI is InChI=1S/C11H21NO2/c1-4-12(2)10-7-5-9(6-8-10)11(13)14-3/h9-10H,4-8H2,1-3H3. The van der Waals surface area contributed by atoms with E-state index in [0.717, 1.165) is 32.2 Å². The fourth-order valence-electron chi connectivity index (χ4n) is 2.18. The second-order valence-corrected chi connectivity index (χ2v) is 4.10. The first-order chi connectivity index (χ1) is 6.69. The van der Waals surface area contributed by atoms with Crippen LogP contribution in [0.25, 0.3) is 0 Å². The molecule has 0 aromatic rings. The van der Waals surface area contributed by atoms with Crippen LogP contribution < -0.4 is 0 Å². The van der Waals surface area contributed by atoms with Gasteiger partial charge in [0.2, 0.25) is 0 Å². The average Bonchev–Trinajstić information content (AvgIpc) is 2.27. The maximum Gasteiger partial charge on any atom is 0.308 e. The average molecular weight is 199 g/mol. The molecule has 0 saturated heterocycles. The van der Waals surface area contributed by atoms with Crippen LogP contribution in [-0.4, -0.2) is 37.6 Å². The summed E-state index contributed by atoms with van der Waals surface area (Å²) in [4.78, 5) is 13.6. The molecule has 0 N–H and O–H groups in total. The van der Waals surface area contributed by atoms with Crippen LogP contribution in [0.15, 0.2) is 0 Å². The molecule has 0 heterocycles. The summed E-state index contributed by atoms with van der Waals surface area (Å²) in [6.07, 6.45) is 4.23. The van der Waals surface area contributed by atoms with E-state index in [1.807, 2.05) is 0 Å². The van der Waals surface area contributed by atoms with Crippen LogP contribution in [0.2, 0.25) is 0 Å². The van der Waals surface area contributed by atoms with Crippen LogP contribution in [0.5, 0.6) is 0 Å². The second-order valence-electron chi connectivity index (χ2n) is 4.10. The third-order valence-corrected chi connectivity index (χ3v) is 3.35. The number of hydrogen-bond donors (Lipinski definition) is 0. The predicted octanol–water partition coefficient (Wildman–Crippen LogP) is 1.67. The van der Waals surface area contributed by atoms with Gasteiger partial charge in [-0.15, -0.1) is 0 Å². The number of ether oxygens (including phenoxy) is 1. The monoisotopic (exact) mass is 199 g/mol. The Labute approximate surface area is 86.4 Å². The first-order valence-corrected chi connectivity index (χ1v) is 5.47. The molecule has 0 atom stereocenters. The molecule has 0 spiro atoms. The molecule has 0 bridgehead atoms. The summed E-state index contributed by atoms with van der Waals surface area (Å²) in [5.74, 6) is 0.129. The molecule has 0 aliphatic heterocycles. The summed E-state index contributed by atoms with van der Waals surface area (Å²) in [6.45, 7) is 3.26. The molecule has 82 valence electrons. The molecule has 0 radical (unpaired) electrons. The smallest absolute Gasteiger partial charge is 0.308 e. The topological polar surface area (TPSA) is 29.5 Å². The van der Waals surface area contributed by atoms with Gasteiger partial charge in [-0.25, -0.2) is 0 Å². The molecule has 0 unspecified atom stereocenters. The maximum absolute atomic E-state index is 11.3. The summed E-state index contributed by atoms with van der Waals surface area (Å²) < 4.78 is 4.76. The Hall–Kier alpha value is -0.570. The van der Waals surface area contributed by atoms with Crippen molar-refractivity contribution in [2.75, 3.05) is 20.7 Å². The van der Waals surface area contributed by atoms with Crippen molar-refractivity contribution in [2.24, 2.45) is 5.92 Å². The van der Waals surface area contributed by atoms with Crippen LogP contribution in [0.4, 0.5) is 0 Å². The Bertz CT molecular complexity index is 186. The van der Waals surface area contributed by atoms with Gasteiger partial charge >= 0.3 is 5.97 Å². The largest absolute Gasteiger partial charge is 0.469 e. The van der Waals surface area contributed by atoms with Gasteiger partial charge in [0.15, 0.2) is 0 Å². The van der Waals surface area contributed by atoms with E-state index in [4.69, 9.17) is 4.74 Å². The first kappa shape index (κ1) is 11.5. The summed E-state index contributed by atoms with van der Waals surface area (Å²) in [5, 5.41) is 0. The van der Waals surface area contributed by atoms with E-state index in [2.05, 4.69) is 18.9 Å². The van der Waals surface area contributed by atoms with Gasteiger partial charge in [0.05, 0.1) is 13.0 Å². The predicted molar refractivity (Wildman–Crippen MR) is 56.1 cm³/mol. The third kappa shape index (κ3) is 2.71. The quantitative estimate of drug-likeness (QED) is 0.648. The summed E-state index contributed by atoms with van der Waals surface area (Å²) in [7, 11) is 3.63. The number of rotatable bonds is 3. The van der Waals surface area contributed by atoms with Crippen LogP contribution >= 0.6 is 0 Å². The van der Waals surface area contributed by atoms with E-state index in [0.29, 0.717) is 6.04 Å². The second kappa shape index (κ2) is 5.35. The first-order valence-electron chi connectivity index (χ1n) is 5.47.